The molecule has 0 spiro atoms. The Morgan fingerprint density at radius 1 is 1.36 bits per heavy atom. The van der Waals surface area contributed by atoms with E-state index >= 15 is 0 Å². The Morgan fingerprint density at radius 2 is 2.14 bits per heavy atom. The molecule has 3 N–H and O–H groups in total. The molecule has 0 radical (unpaired) electrons. The Bertz CT molecular complexity index is 472. The number of anilines is 1. The summed E-state index contributed by atoms with van der Waals surface area (Å²) in [6, 6.07) is 4.25. The lowest BCUT2D eigenvalue weighted by molar-refractivity contribution is 0.109. The van der Waals surface area contributed by atoms with Gasteiger partial charge in [0.05, 0.1) is 12.8 Å². The molecule has 122 valence electrons. The van der Waals surface area contributed by atoms with Crippen LogP contribution in [0.15, 0.2) is 48.6 Å². The molecule has 5 nitrogen and oxygen atoms in total. The number of rotatable bonds is 2. The second-order valence-corrected chi connectivity index (χ2v) is 5.06. The van der Waals surface area contributed by atoms with Gasteiger partial charge in [-0.2, -0.15) is 0 Å². The highest BCUT2D eigenvalue weighted by Crippen LogP contribution is 2.20. The summed E-state index contributed by atoms with van der Waals surface area (Å²) in [6.07, 6.45) is 12.0. The number of nitrogens with one attached hydrogen (secondary N) is 1. The number of hydrogen-bond acceptors (Lipinski definition) is 5. The van der Waals surface area contributed by atoms with Crippen molar-refractivity contribution >= 4 is 18.1 Å². The number of piperidine rings is 1. The molecule has 2 aliphatic rings. The van der Waals surface area contributed by atoms with E-state index in [1.807, 2.05) is 6.08 Å². The fourth-order valence-corrected chi connectivity index (χ4v) is 2.52. The van der Waals surface area contributed by atoms with E-state index in [9.17, 15) is 0 Å². The van der Waals surface area contributed by atoms with E-state index in [0.717, 1.165) is 25.5 Å². The molecule has 22 heavy (non-hydrogen) atoms. The maximum absolute atomic E-state index is 5.37. The van der Waals surface area contributed by atoms with Crippen LogP contribution in [0.25, 0.3) is 0 Å². The first-order valence-corrected chi connectivity index (χ1v) is 7.35. The number of hydrogen-bond donors (Lipinski definition) is 2. The van der Waals surface area contributed by atoms with Crippen LogP contribution in [-0.4, -0.2) is 42.7 Å². The molecule has 0 bridgehead atoms. The zero-order valence-electron chi connectivity index (χ0n) is 12.9. The van der Waals surface area contributed by atoms with Crippen molar-refractivity contribution in [2.24, 2.45) is 0 Å². The van der Waals surface area contributed by atoms with Gasteiger partial charge in [0.2, 0.25) is 0 Å². The first-order chi connectivity index (χ1) is 10.3. The van der Waals surface area contributed by atoms with Crippen LogP contribution in [0.2, 0.25) is 0 Å². The van der Waals surface area contributed by atoms with E-state index in [0.29, 0.717) is 11.7 Å². The smallest absolute Gasteiger partial charge is 0.189 e. The van der Waals surface area contributed by atoms with E-state index in [1.165, 1.54) is 12.8 Å². The number of nitrogens with zero attached hydrogens (tertiary/aromatic N) is 2. The lowest BCUT2D eigenvalue weighted by Gasteiger charge is -2.37. The third-order valence-corrected chi connectivity index (χ3v) is 3.60. The minimum absolute atomic E-state index is 0. The molecular weight excluding hydrogens is 300 g/mol. The lowest BCUT2D eigenvalue weighted by atomic mass is 10.0. The summed E-state index contributed by atoms with van der Waals surface area (Å²) < 4.78 is 5.37. The zero-order valence-corrected chi connectivity index (χ0v) is 13.8. The second kappa shape index (κ2) is 10.1. The Labute approximate surface area is 138 Å². The molecule has 3 rings (SSSR count). The molecule has 1 aromatic rings. The third-order valence-electron chi connectivity index (χ3n) is 3.60. The number of nitrogens with two attached hydrogens (primary N) is 1. The molecule has 1 saturated heterocycles. The van der Waals surface area contributed by atoms with Gasteiger partial charge in [-0.15, -0.1) is 12.4 Å². The molecule has 0 aliphatic carbocycles. The summed E-state index contributed by atoms with van der Waals surface area (Å²) >= 11 is 0. The monoisotopic (exact) mass is 324 g/mol. The summed E-state index contributed by atoms with van der Waals surface area (Å²) in [5.41, 5.74) is 6.01. The van der Waals surface area contributed by atoms with E-state index in [4.69, 9.17) is 10.5 Å². The first-order valence-electron chi connectivity index (χ1n) is 7.35. The SMILES string of the molecule is COC1=CC=CCN1C1CCNCC1.Cl.Nc1cccnc1. The average molecular weight is 325 g/mol. The fourth-order valence-electron chi connectivity index (χ4n) is 2.52. The number of ether oxygens (including phenoxy) is 1. The number of halogens is 1. The van der Waals surface area contributed by atoms with Crippen molar-refractivity contribution in [3.8, 4) is 0 Å². The third kappa shape index (κ3) is 5.58. The van der Waals surface area contributed by atoms with Crippen molar-refractivity contribution in [1.29, 1.82) is 0 Å². The summed E-state index contributed by atoms with van der Waals surface area (Å²) in [6.45, 7) is 3.24. The molecule has 3 heterocycles. The van der Waals surface area contributed by atoms with Crippen molar-refractivity contribution in [3.05, 3.63) is 48.6 Å². The molecule has 0 unspecified atom stereocenters. The minimum Gasteiger partial charge on any atom is -0.482 e. The van der Waals surface area contributed by atoms with Crippen molar-refractivity contribution in [3.63, 3.8) is 0 Å². The van der Waals surface area contributed by atoms with Gasteiger partial charge in [-0.1, -0.05) is 12.2 Å². The second-order valence-electron chi connectivity index (χ2n) is 5.06. The van der Waals surface area contributed by atoms with Gasteiger partial charge < -0.3 is 20.7 Å². The van der Waals surface area contributed by atoms with Crippen LogP contribution in [0.1, 0.15) is 12.8 Å². The normalized spacial score (nSPS) is 17.7. The van der Waals surface area contributed by atoms with Crippen LogP contribution in [0.4, 0.5) is 5.69 Å². The highest BCUT2D eigenvalue weighted by molar-refractivity contribution is 5.85. The minimum atomic E-state index is 0. The van der Waals surface area contributed by atoms with E-state index < -0.39 is 0 Å². The molecule has 0 saturated carbocycles. The van der Waals surface area contributed by atoms with Crippen LogP contribution in [0, 0.1) is 0 Å². The van der Waals surface area contributed by atoms with Crippen molar-refractivity contribution in [2.75, 3.05) is 32.5 Å². The van der Waals surface area contributed by atoms with Gasteiger partial charge in [0, 0.05) is 25.0 Å². The Kier molecular flexibility index (Phi) is 8.40. The Balaban J connectivity index is 0.000000258. The summed E-state index contributed by atoms with van der Waals surface area (Å²) in [7, 11) is 1.75. The summed E-state index contributed by atoms with van der Waals surface area (Å²) in [5.74, 6) is 1.01. The molecule has 6 heteroatoms. The van der Waals surface area contributed by atoms with Gasteiger partial charge in [-0.25, -0.2) is 0 Å². The lowest BCUT2D eigenvalue weighted by Crippen LogP contribution is -2.43. The summed E-state index contributed by atoms with van der Waals surface area (Å²) in [5, 5.41) is 3.38. The van der Waals surface area contributed by atoms with Crippen molar-refractivity contribution in [2.45, 2.75) is 18.9 Å². The molecule has 2 aliphatic heterocycles. The Hall–Kier alpha value is -1.72. The van der Waals surface area contributed by atoms with Crippen LogP contribution in [-0.2, 0) is 4.74 Å². The van der Waals surface area contributed by atoms with Crippen molar-refractivity contribution in [1.82, 2.24) is 15.2 Å². The summed E-state index contributed by atoms with van der Waals surface area (Å²) in [4.78, 5) is 6.12. The highest BCUT2D eigenvalue weighted by atomic mass is 35.5. The molecule has 0 amide bonds. The van der Waals surface area contributed by atoms with Crippen molar-refractivity contribution < 1.29 is 4.74 Å². The van der Waals surface area contributed by atoms with Crippen LogP contribution in [0.3, 0.4) is 0 Å². The first kappa shape index (κ1) is 18.3. The van der Waals surface area contributed by atoms with Crippen LogP contribution < -0.4 is 11.1 Å². The maximum atomic E-state index is 5.37. The number of allylic oxidation sites excluding steroid dienone is 2. The fraction of sp³-hybridized carbons (Fsp3) is 0.438. The molecule has 1 fully saturated rings. The zero-order chi connectivity index (χ0) is 14.9. The largest absolute Gasteiger partial charge is 0.482 e. The highest BCUT2D eigenvalue weighted by Gasteiger charge is 2.23. The quantitative estimate of drug-likeness (QED) is 0.873. The van der Waals surface area contributed by atoms with E-state index in [1.54, 1.807) is 31.6 Å². The van der Waals surface area contributed by atoms with Crippen LogP contribution in [0.5, 0.6) is 0 Å². The number of methoxy groups -OCH3 is 1. The van der Waals surface area contributed by atoms with Gasteiger partial charge in [-0.05, 0) is 44.1 Å². The number of pyridine rings is 1. The van der Waals surface area contributed by atoms with Gasteiger partial charge in [0.1, 0.15) is 0 Å². The standard InChI is InChI=1S/C11H18N2O.C5H6N2.ClH/c1-14-11-4-2-3-9-13(11)10-5-7-12-8-6-10;6-5-2-1-3-7-4-5;/h2-4,10,12H,5-9H2,1H3;1-4H,6H2;1H. The topological polar surface area (TPSA) is 63.4 Å². The molecule has 1 aromatic heterocycles. The predicted molar refractivity (Wildman–Crippen MR) is 92.7 cm³/mol. The number of aromatic nitrogens is 1. The predicted octanol–water partition coefficient (Wildman–Crippen LogP) is 2.18. The maximum Gasteiger partial charge on any atom is 0.189 e. The van der Waals surface area contributed by atoms with Gasteiger partial charge in [0.25, 0.3) is 0 Å². The average Bonchev–Trinajstić information content (AvgIpc) is 2.57. The molecule has 0 atom stereocenters. The Morgan fingerprint density at radius 3 is 2.68 bits per heavy atom. The van der Waals surface area contributed by atoms with Gasteiger partial charge in [0.15, 0.2) is 5.88 Å². The van der Waals surface area contributed by atoms with Gasteiger partial charge >= 0.3 is 0 Å². The molecular formula is C16H25ClN4O. The van der Waals surface area contributed by atoms with Crippen LogP contribution >= 0.6 is 12.4 Å². The molecule has 0 aromatic carbocycles. The van der Waals surface area contributed by atoms with Gasteiger partial charge in [-0.3, -0.25) is 4.98 Å². The number of nitrogen functional groups attached to an aromatic ring is 1. The van der Waals surface area contributed by atoms with E-state index in [-0.39, 0.29) is 12.4 Å². The van der Waals surface area contributed by atoms with E-state index in [2.05, 4.69) is 27.4 Å².